The van der Waals surface area contributed by atoms with E-state index in [1.165, 1.54) is 13.3 Å². The van der Waals surface area contributed by atoms with Gasteiger partial charge in [-0.25, -0.2) is 4.98 Å². The summed E-state index contributed by atoms with van der Waals surface area (Å²) in [5.41, 5.74) is 7.33. The molecule has 33 heavy (non-hydrogen) atoms. The van der Waals surface area contributed by atoms with E-state index in [4.69, 9.17) is 10.8 Å². The number of hydrogen-bond acceptors (Lipinski definition) is 7. The summed E-state index contributed by atoms with van der Waals surface area (Å²) in [4.78, 5) is 55.8. The van der Waals surface area contributed by atoms with Crippen molar-refractivity contribution in [2.24, 2.45) is 5.73 Å². The average molecular weight is 477 g/mol. The number of carbonyl (C=O) groups excluding carboxylic acids is 3. The summed E-state index contributed by atoms with van der Waals surface area (Å²) in [6.45, 7) is 1.32. The topological polar surface area (TPSA) is 179 Å². The highest BCUT2D eigenvalue weighted by Gasteiger charge is 2.29. The Morgan fingerprint density at radius 3 is 2.24 bits per heavy atom. The highest BCUT2D eigenvalue weighted by atomic mass is 32.1. The van der Waals surface area contributed by atoms with Gasteiger partial charge in [0.25, 0.3) is 0 Å². The fraction of sp³-hybridized carbons (Fsp3) is 0.381. The molecule has 0 aliphatic rings. The quantitative estimate of drug-likeness (QED) is 0.192. The molecule has 0 radical (unpaired) electrons. The molecule has 0 saturated carbocycles. The number of carboxylic acid groups (broad SMARTS) is 1. The summed E-state index contributed by atoms with van der Waals surface area (Å²) in [7, 11) is 0. The van der Waals surface area contributed by atoms with E-state index in [9.17, 15) is 19.2 Å². The molecule has 2 aromatic rings. The predicted octanol–water partition coefficient (Wildman–Crippen LogP) is -0.989. The van der Waals surface area contributed by atoms with E-state index in [-0.39, 0.29) is 18.6 Å². The number of carbonyl (C=O) groups is 4. The SMILES string of the molecule is CC(NC(=O)C(Cc1ccccc1)NC(=O)C(CS)NC(=O)C(N)Cc1cnc[nH]1)C(=O)O. The Hall–Kier alpha value is -3.38. The van der Waals surface area contributed by atoms with Crippen LogP contribution in [-0.2, 0) is 32.0 Å². The molecule has 1 aromatic carbocycles. The normalized spacial score (nSPS) is 14.4. The molecule has 0 fully saturated rings. The molecule has 3 amide bonds. The Labute approximate surface area is 196 Å². The summed E-state index contributed by atoms with van der Waals surface area (Å²) in [5, 5.41) is 16.6. The van der Waals surface area contributed by atoms with Crippen LogP contribution in [-0.4, -0.2) is 68.7 Å². The molecule has 0 saturated heterocycles. The fourth-order valence-corrected chi connectivity index (χ4v) is 3.16. The van der Waals surface area contributed by atoms with Crippen LogP contribution in [0.4, 0.5) is 0 Å². The molecule has 12 heteroatoms. The summed E-state index contributed by atoms with van der Waals surface area (Å²) in [5.74, 6) is -3.13. The zero-order chi connectivity index (χ0) is 24.4. The summed E-state index contributed by atoms with van der Waals surface area (Å²) >= 11 is 4.13. The number of carboxylic acids is 1. The molecule has 4 atom stereocenters. The standard InChI is InChI=1S/C21H28N6O5S/c1-12(21(31)32)25-19(29)16(7-13-5-3-2-4-6-13)26-20(30)17(10-33)27-18(28)15(22)8-14-9-23-11-24-14/h2-6,9,11-12,15-17,33H,7-8,10,22H2,1H3,(H,23,24)(H,25,29)(H,26,30)(H,27,28)(H,31,32). The van der Waals surface area contributed by atoms with E-state index in [0.29, 0.717) is 5.69 Å². The van der Waals surface area contributed by atoms with E-state index in [2.05, 4.69) is 38.5 Å². The van der Waals surface area contributed by atoms with Gasteiger partial charge in [-0.15, -0.1) is 0 Å². The highest BCUT2D eigenvalue weighted by molar-refractivity contribution is 7.80. The second kappa shape index (κ2) is 12.6. The lowest BCUT2D eigenvalue weighted by Gasteiger charge is -2.24. The number of aromatic nitrogens is 2. The number of rotatable bonds is 12. The van der Waals surface area contributed by atoms with Gasteiger partial charge < -0.3 is 31.8 Å². The number of amides is 3. The van der Waals surface area contributed by atoms with E-state index in [1.807, 2.05) is 6.07 Å². The Morgan fingerprint density at radius 2 is 1.67 bits per heavy atom. The number of nitrogens with two attached hydrogens (primary N) is 1. The lowest BCUT2D eigenvalue weighted by atomic mass is 10.0. The first-order chi connectivity index (χ1) is 15.7. The van der Waals surface area contributed by atoms with Gasteiger partial charge in [0, 0.05) is 30.5 Å². The van der Waals surface area contributed by atoms with Crippen molar-refractivity contribution in [3.63, 3.8) is 0 Å². The molecular formula is C21H28N6O5S. The predicted molar refractivity (Wildman–Crippen MR) is 123 cm³/mol. The molecule has 2 rings (SSSR count). The van der Waals surface area contributed by atoms with Gasteiger partial charge in [0.15, 0.2) is 0 Å². The Bertz CT molecular complexity index is 940. The minimum absolute atomic E-state index is 0.0421. The van der Waals surface area contributed by atoms with Crippen molar-refractivity contribution in [2.45, 2.75) is 43.9 Å². The van der Waals surface area contributed by atoms with Gasteiger partial charge in [0.1, 0.15) is 18.1 Å². The van der Waals surface area contributed by atoms with Crippen LogP contribution >= 0.6 is 12.6 Å². The van der Waals surface area contributed by atoms with Gasteiger partial charge in [0.05, 0.1) is 12.4 Å². The third kappa shape index (κ3) is 8.24. The van der Waals surface area contributed by atoms with Crippen molar-refractivity contribution in [1.82, 2.24) is 25.9 Å². The number of thiol groups is 1. The van der Waals surface area contributed by atoms with E-state index in [1.54, 1.807) is 30.5 Å². The largest absolute Gasteiger partial charge is 0.480 e. The molecule has 7 N–H and O–H groups in total. The maximum atomic E-state index is 12.8. The second-order valence-corrected chi connectivity index (χ2v) is 7.82. The number of aromatic amines is 1. The van der Waals surface area contributed by atoms with Crippen molar-refractivity contribution in [3.05, 3.63) is 54.1 Å². The smallest absolute Gasteiger partial charge is 0.325 e. The molecule has 1 aromatic heterocycles. The lowest BCUT2D eigenvalue weighted by molar-refractivity contribution is -0.141. The Balaban J connectivity index is 2.06. The Kier molecular flexibility index (Phi) is 9.88. The average Bonchev–Trinajstić information content (AvgIpc) is 3.30. The van der Waals surface area contributed by atoms with Gasteiger partial charge in [0.2, 0.25) is 17.7 Å². The van der Waals surface area contributed by atoms with E-state index in [0.717, 1.165) is 5.56 Å². The Morgan fingerprint density at radius 1 is 1.03 bits per heavy atom. The molecule has 0 aliphatic heterocycles. The third-order valence-electron chi connectivity index (χ3n) is 4.79. The number of nitrogens with zero attached hydrogens (tertiary/aromatic N) is 1. The minimum Gasteiger partial charge on any atom is -0.480 e. The lowest BCUT2D eigenvalue weighted by Crippen LogP contribution is -2.58. The van der Waals surface area contributed by atoms with Crippen molar-refractivity contribution >= 4 is 36.3 Å². The van der Waals surface area contributed by atoms with Crippen molar-refractivity contribution in [1.29, 1.82) is 0 Å². The van der Waals surface area contributed by atoms with Crippen LogP contribution in [0.15, 0.2) is 42.9 Å². The van der Waals surface area contributed by atoms with Crippen molar-refractivity contribution in [2.75, 3.05) is 5.75 Å². The van der Waals surface area contributed by atoms with E-state index >= 15 is 0 Å². The number of nitrogens with one attached hydrogen (secondary N) is 4. The molecular weight excluding hydrogens is 448 g/mol. The van der Waals surface area contributed by atoms with Gasteiger partial charge in [-0.2, -0.15) is 12.6 Å². The monoisotopic (exact) mass is 476 g/mol. The van der Waals surface area contributed by atoms with Crippen LogP contribution in [0.2, 0.25) is 0 Å². The van der Waals surface area contributed by atoms with Crippen LogP contribution in [0.3, 0.4) is 0 Å². The third-order valence-corrected chi connectivity index (χ3v) is 5.16. The van der Waals surface area contributed by atoms with E-state index < -0.39 is 47.9 Å². The maximum absolute atomic E-state index is 12.8. The first-order valence-electron chi connectivity index (χ1n) is 10.2. The van der Waals surface area contributed by atoms with Gasteiger partial charge >= 0.3 is 5.97 Å². The first kappa shape index (κ1) is 25.9. The van der Waals surface area contributed by atoms with Crippen LogP contribution in [0, 0.1) is 0 Å². The zero-order valence-electron chi connectivity index (χ0n) is 18.0. The molecule has 0 spiro atoms. The highest BCUT2D eigenvalue weighted by Crippen LogP contribution is 2.05. The molecule has 4 unspecified atom stereocenters. The number of hydrogen-bond donors (Lipinski definition) is 7. The second-order valence-electron chi connectivity index (χ2n) is 7.45. The fourth-order valence-electron chi connectivity index (χ4n) is 2.91. The summed E-state index contributed by atoms with van der Waals surface area (Å²) in [6, 6.07) is 4.72. The van der Waals surface area contributed by atoms with Crippen LogP contribution in [0.5, 0.6) is 0 Å². The number of imidazole rings is 1. The molecule has 0 aliphatic carbocycles. The van der Waals surface area contributed by atoms with Crippen molar-refractivity contribution in [3.8, 4) is 0 Å². The molecule has 0 bridgehead atoms. The van der Waals surface area contributed by atoms with Crippen LogP contribution in [0.1, 0.15) is 18.2 Å². The molecule has 178 valence electrons. The molecule has 11 nitrogen and oxygen atoms in total. The number of aliphatic carboxylic acids is 1. The number of benzene rings is 1. The van der Waals surface area contributed by atoms with Gasteiger partial charge in [-0.05, 0) is 12.5 Å². The van der Waals surface area contributed by atoms with Crippen molar-refractivity contribution < 1.29 is 24.3 Å². The van der Waals surface area contributed by atoms with Crippen LogP contribution in [0.25, 0.3) is 0 Å². The minimum atomic E-state index is -1.21. The van der Waals surface area contributed by atoms with Crippen LogP contribution < -0.4 is 21.7 Å². The summed E-state index contributed by atoms with van der Waals surface area (Å²) < 4.78 is 0. The van der Waals surface area contributed by atoms with Gasteiger partial charge in [-0.3, -0.25) is 19.2 Å². The zero-order valence-corrected chi connectivity index (χ0v) is 18.9. The van der Waals surface area contributed by atoms with Gasteiger partial charge in [-0.1, -0.05) is 30.3 Å². The number of H-pyrrole nitrogens is 1. The first-order valence-corrected chi connectivity index (χ1v) is 10.9. The maximum Gasteiger partial charge on any atom is 0.325 e. The summed E-state index contributed by atoms with van der Waals surface area (Å²) in [6.07, 6.45) is 3.32. The molecule has 1 heterocycles.